The van der Waals surface area contributed by atoms with Gasteiger partial charge >= 0.3 is 0 Å². The molecule has 31 heavy (non-hydrogen) atoms. The predicted octanol–water partition coefficient (Wildman–Crippen LogP) is 1.75. The van der Waals surface area contributed by atoms with E-state index in [1.807, 2.05) is 0 Å². The summed E-state index contributed by atoms with van der Waals surface area (Å²) in [5.41, 5.74) is -0.843. The zero-order valence-corrected chi connectivity index (χ0v) is 21.1. The second-order valence-corrected chi connectivity index (χ2v) is 12.4. The Morgan fingerprint density at radius 1 is 0.645 bits per heavy atom. The second-order valence-electron chi connectivity index (χ2n) is 12.4. The molecule has 0 spiro atoms. The van der Waals surface area contributed by atoms with Crippen LogP contribution in [0.2, 0.25) is 0 Å². The minimum Gasteiger partial charge on any atom is -0.393 e. The van der Waals surface area contributed by atoms with E-state index in [2.05, 4.69) is 65.2 Å². The fourth-order valence-corrected chi connectivity index (χ4v) is 6.39. The number of ether oxygens (including phenoxy) is 1. The van der Waals surface area contributed by atoms with Crippen molar-refractivity contribution >= 4 is 0 Å². The molecule has 2 heterocycles. The number of likely N-dealkylation sites (tertiary alicyclic amines) is 2. The van der Waals surface area contributed by atoms with Gasteiger partial charge in [-0.15, -0.1) is 0 Å². The Morgan fingerprint density at radius 2 is 0.903 bits per heavy atom. The molecule has 2 aliphatic rings. The molecule has 2 atom stereocenters. The van der Waals surface area contributed by atoms with E-state index >= 15 is 0 Å². The van der Waals surface area contributed by atoms with Gasteiger partial charge in [-0.2, -0.15) is 0 Å². The van der Waals surface area contributed by atoms with Crippen LogP contribution in [0.5, 0.6) is 0 Å². The SMILES string of the molecule is CC1(C)CC(O)CC(C)(C)N1CC(O)COCC(O)CN1C(C)(C)CC(O)CC1(C)C. The van der Waals surface area contributed by atoms with Crippen LogP contribution in [-0.2, 0) is 4.74 Å². The molecule has 7 heteroatoms. The van der Waals surface area contributed by atoms with Gasteiger partial charge in [-0.3, -0.25) is 9.80 Å². The molecule has 0 aromatic rings. The third-order valence-corrected chi connectivity index (χ3v) is 7.27. The molecule has 0 aromatic carbocycles. The Kier molecular flexibility index (Phi) is 8.29. The summed E-state index contributed by atoms with van der Waals surface area (Å²) in [6.45, 7) is 18.1. The molecule has 2 saturated heterocycles. The lowest BCUT2D eigenvalue weighted by Gasteiger charge is -2.55. The average molecular weight is 445 g/mol. The quantitative estimate of drug-likeness (QED) is 0.453. The smallest absolute Gasteiger partial charge is 0.0900 e. The van der Waals surface area contributed by atoms with E-state index in [4.69, 9.17) is 4.74 Å². The lowest BCUT2D eigenvalue weighted by atomic mass is 9.78. The minimum atomic E-state index is -0.668. The first-order chi connectivity index (χ1) is 14.0. The van der Waals surface area contributed by atoms with Crippen molar-refractivity contribution < 1.29 is 25.2 Å². The van der Waals surface area contributed by atoms with Crippen molar-refractivity contribution in [3.05, 3.63) is 0 Å². The molecule has 0 amide bonds. The van der Waals surface area contributed by atoms with Crippen LogP contribution in [0.3, 0.4) is 0 Å². The number of nitrogens with zero attached hydrogens (tertiary/aromatic N) is 2. The molecule has 0 radical (unpaired) electrons. The number of aliphatic hydroxyl groups is 4. The molecular weight excluding hydrogens is 396 g/mol. The lowest BCUT2D eigenvalue weighted by molar-refractivity contribution is -0.116. The molecule has 2 fully saturated rings. The van der Waals surface area contributed by atoms with Gasteiger partial charge in [-0.25, -0.2) is 0 Å². The Hall–Kier alpha value is -0.280. The molecule has 0 bridgehead atoms. The van der Waals surface area contributed by atoms with E-state index in [0.29, 0.717) is 38.8 Å². The van der Waals surface area contributed by atoms with Crippen molar-refractivity contribution in [3.8, 4) is 0 Å². The van der Waals surface area contributed by atoms with Crippen LogP contribution in [0.1, 0.15) is 81.1 Å². The summed E-state index contributed by atoms with van der Waals surface area (Å²) in [6, 6.07) is 0. The van der Waals surface area contributed by atoms with E-state index in [1.54, 1.807) is 0 Å². The van der Waals surface area contributed by atoms with Crippen LogP contribution in [-0.4, -0.2) is 103 Å². The monoisotopic (exact) mass is 444 g/mol. The van der Waals surface area contributed by atoms with Gasteiger partial charge in [-0.05, 0) is 81.1 Å². The first-order valence-corrected chi connectivity index (χ1v) is 11.8. The number of β-amino-alcohol motifs (C(OH)–C–C–N with tert-alkyl or cyclic N) is 2. The largest absolute Gasteiger partial charge is 0.393 e. The molecule has 2 aliphatic heterocycles. The number of piperidine rings is 2. The van der Waals surface area contributed by atoms with Gasteiger partial charge in [0.05, 0.1) is 37.6 Å². The van der Waals surface area contributed by atoms with E-state index in [-0.39, 0.29) is 47.6 Å². The molecule has 0 aromatic heterocycles. The molecule has 0 aliphatic carbocycles. The highest BCUT2D eigenvalue weighted by Gasteiger charge is 2.46. The highest BCUT2D eigenvalue weighted by molar-refractivity contribution is 5.02. The predicted molar refractivity (Wildman–Crippen MR) is 123 cm³/mol. The zero-order chi connectivity index (χ0) is 23.8. The molecule has 2 rings (SSSR count). The summed E-state index contributed by atoms with van der Waals surface area (Å²) in [5.74, 6) is 0. The van der Waals surface area contributed by atoms with Crippen LogP contribution in [0, 0.1) is 0 Å². The van der Waals surface area contributed by atoms with E-state index in [1.165, 1.54) is 0 Å². The van der Waals surface area contributed by atoms with Gasteiger partial charge in [0.2, 0.25) is 0 Å². The van der Waals surface area contributed by atoms with Crippen molar-refractivity contribution in [1.29, 1.82) is 0 Å². The fraction of sp³-hybridized carbons (Fsp3) is 1.00. The first kappa shape index (κ1) is 27.0. The Morgan fingerprint density at radius 3 is 1.16 bits per heavy atom. The highest BCUT2D eigenvalue weighted by atomic mass is 16.5. The summed E-state index contributed by atoms with van der Waals surface area (Å²) in [6.07, 6.45) is 0.733. The Balaban J connectivity index is 1.84. The summed E-state index contributed by atoms with van der Waals surface area (Å²) in [5, 5.41) is 41.6. The van der Waals surface area contributed by atoms with Gasteiger partial charge in [0.25, 0.3) is 0 Å². The average Bonchev–Trinajstić information content (AvgIpc) is 2.52. The summed E-state index contributed by atoms with van der Waals surface area (Å²) in [7, 11) is 0. The molecule has 0 saturated carbocycles. The van der Waals surface area contributed by atoms with Gasteiger partial charge < -0.3 is 25.2 Å². The summed E-state index contributed by atoms with van der Waals surface area (Å²) >= 11 is 0. The van der Waals surface area contributed by atoms with Gasteiger partial charge in [-0.1, -0.05) is 0 Å². The Labute approximate surface area is 189 Å². The zero-order valence-electron chi connectivity index (χ0n) is 21.1. The minimum absolute atomic E-state index is 0.160. The van der Waals surface area contributed by atoms with Crippen LogP contribution in [0.4, 0.5) is 0 Å². The maximum absolute atomic E-state index is 10.6. The molecule has 184 valence electrons. The van der Waals surface area contributed by atoms with Crippen molar-refractivity contribution in [3.63, 3.8) is 0 Å². The maximum atomic E-state index is 10.6. The highest BCUT2D eigenvalue weighted by Crippen LogP contribution is 2.39. The van der Waals surface area contributed by atoms with Crippen molar-refractivity contribution in [2.24, 2.45) is 0 Å². The molecule has 7 nitrogen and oxygen atoms in total. The van der Waals surface area contributed by atoms with E-state index in [0.717, 1.165) is 0 Å². The first-order valence-electron chi connectivity index (χ1n) is 11.8. The second kappa shape index (κ2) is 9.53. The maximum Gasteiger partial charge on any atom is 0.0900 e. The van der Waals surface area contributed by atoms with Gasteiger partial charge in [0, 0.05) is 35.2 Å². The standard InChI is InChI=1S/C24H48N2O5/c1-21(2)9-17(27)10-22(3,4)25(21)13-19(29)15-31-16-20(30)14-26-23(5,6)11-18(28)12-24(26,7)8/h17-20,27-30H,9-16H2,1-8H3. The fourth-order valence-electron chi connectivity index (χ4n) is 6.39. The topological polar surface area (TPSA) is 96.6 Å². The normalized spacial score (nSPS) is 29.0. The summed E-state index contributed by atoms with van der Waals surface area (Å²) < 4.78 is 5.70. The van der Waals surface area contributed by atoms with Crippen LogP contribution < -0.4 is 0 Å². The third-order valence-electron chi connectivity index (χ3n) is 7.27. The van der Waals surface area contributed by atoms with Crippen LogP contribution in [0.25, 0.3) is 0 Å². The van der Waals surface area contributed by atoms with Gasteiger partial charge in [0.15, 0.2) is 0 Å². The number of hydrogen-bond donors (Lipinski definition) is 4. The lowest BCUT2D eigenvalue weighted by Crippen LogP contribution is -2.64. The summed E-state index contributed by atoms with van der Waals surface area (Å²) in [4.78, 5) is 4.53. The molecule has 4 N–H and O–H groups in total. The third kappa shape index (κ3) is 6.85. The number of aliphatic hydroxyl groups excluding tert-OH is 4. The van der Waals surface area contributed by atoms with Gasteiger partial charge in [0.1, 0.15) is 0 Å². The van der Waals surface area contributed by atoms with E-state index < -0.39 is 12.2 Å². The Bertz CT molecular complexity index is 507. The van der Waals surface area contributed by atoms with Crippen LogP contribution in [0.15, 0.2) is 0 Å². The number of rotatable bonds is 8. The van der Waals surface area contributed by atoms with Crippen LogP contribution >= 0.6 is 0 Å². The van der Waals surface area contributed by atoms with Crippen molar-refractivity contribution in [2.75, 3.05) is 26.3 Å². The molecule has 2 unspecified atom stereocenters. The number of hydrogen-bond acceptors (Lipinski definition) is 7. The van der Waals surface area contributed by atoms with Crippen molar-refractivity contribution in [2.45, 2.75) is 128 Å². The van der Waals surface area contributed by atoms with E-state index in [9.17, 15) is 20.4 Å². The van der Waals surface area contributed by atoms with Crippen molar-refractivity contribution in [1.82, 2.24) is 9.80 Å². The molecular formula is C24H48N2O5.